The van der Waals surface area contributed by atoms with Crippen LogP contribution in [-0.2, 0) is 6.42 Å². The van der Waals surface area contributed by atoms with Crippen LogP contribution in [0.1, 0.15) is 54.1 Å². The minimum absolute atomic E-state index is 0.400. The van der Waals surface area contributed by atoms with Gasteiger partial charge in [0.2, 0.25) is 0 Å². The number of hydrogen-bond acceptors (Lipinski definition) is 3. The van der Waals surface area contributed by atoms with E-state index in [2.05, 4.69) is 34.7 Å². The molecule has 106 valence electrons. The molecule has 2 nitrogen and oxygen atoms in total. The van der Waals surface area contributed by atoms with Crippen LogP contribution in [0.15, 0.2) is 36.0 Å². The molecule has 20 heavy (non-hydrogen) atoms. The maximum atomic E-state index is 4.31. The van der Waals surface area contributed by atoms with E-state index in [0.29, 0.717) is 12.0 Å². The molecule has 3 heteroatoms. The lowest BCUT2D eigenvalue weighted by atomic mass is 9.80. The Morgan fingerprint density at radius 2 is 2.40 bits per heavy atom. The number of thiophene rings is 1. The highest BCUT2D eigenvalue weighted by molar-refractivity contribution is 7.10. The Morgan fingerprint density at radius 3 is 3.20 bits per heavy atom. The van der Waals surface area contributed by atoms with Crippen molar-refractivity contribution >= 4 is 11.3 Å². The summed E-state index contributed by atoms with van der Waals surface area (Å²) in [5, 5.41) is 6.00. The van der Waals surface area contributed by atoms with Gasteiger partial charge in [0, 0.05) is 29.2 Å². The van der Waals surface area contributed by atoms with Gasteiger partial charge in [-0.05, 0) is 60.9 Å². The first-order valence-corrected chi connectivity index (χ1v) is 8.47. The van der Waals surface area contributed by atoms with E-state index in [4.69, 9.17) is 0 Å². The monoisotopic (exact) mass is 286 g/mol. The minimum atomic E-state index is 0.400. The molecule has 0 aromatic carbocycles. The van der Waals surface area contributed by atoms with Gasteiger partial charge in [0.1, 0.15) is 0 Å². The van der Waals surface area contributed by atoms with Crippen LogP contribution in [0.3, 0.4) is 0 Å². The Balaban J connectivity index is 1.91. The van der Waals surface area contributed by atoms with E-state index in [1.165, 1.54) is 31.2 Å². The summed E-state index contributed by atoms with van der Waals surface area (Å²) >= 11 is 1.92. The van der Waals surface area contributed by atoms with Crippen molar-refractivity contribution in [3.8, 4) is 0 Å². The highest BCUT2D eigenvalue weighted by Crippen LogP contribution is 2.42. The summed E-state index contributed by atoms with van der Waals surface area (Å²) in [4.78, 5) is 5.91. The molecule has 2 atom stereocenters. The molecule has 0 amide bonds. The topological polar surface area (TPSA) is 24.9 Å². The number of nitrogens with one attached hydrogen (secondary N) is 1. The number of aryl methyl sites for hydroxylation is 1. The van der Waals surface area contributed by atoms with Gasteiger partial charge in [0.15, 0.2) is 0 Å². The zero-order chi connectivity index (χ0) is 13.8. The van der Waals surface area contributed by atoms with E-state index in [9.17, 15) is 0 Å². The van der Waals surface area contributed by atoms with Crippen molar-refractivity contribution in [1.29, 1.82) is 0 Å². The number of rotatable bonds is 5. The summed E-state index contributed by atoms with van der Waals surface area (Å²) in [7, 11) is 0. The van der Waals surface area contributed by atoms with Gasteiger partial charge in [-0.2, -0.15) is 0 Å². The van der Waals surface area contributed by atoms with Gasteiger partial charge < -0.3 is 5.32 Å². The first-order chi connectivity index (χ1) is 9.90. The van der Waals surface area contributed by atoms with Gasteiger partial charge >= 0.3 is 0 Å². The molecular weight excluding hydrogens is 264 g/mol. The lowest BCUT2D eigenvalue weighted by Gasteiger charge is -2.31. The van der Waals surface area contributed by atoms with E-state index in [1.54, 1.807) is 10.4 Å². The molecular formula is C17H22N2S. The van der Waals surface area contributed by atoms with Crippen LogP contribution in [0.5, 0.6) is 0 Å². The summed E-state index contributed by atoms with van der Waals surface area (Å²) in [5.41, 5.74) is 2.89. The van der Waals surface area contributed by atoms with Gasteiger partial charge in [-0.1, -0.05) is 13.0 Å². The van der Waals surface area contributed by atoms with E-state index in [1.807, 2.05) is 29.8 Å². The zero-order valence-electron chi connectivity index (χ0n) is 12.0. The van der Waals surface area contributed by atoms with Gasteiger partial charge in [0.05, 0.1) is 0 Å². The molecule has 0 fully saturated rings. The Bertz CT molecular complexity index is 535. The van der Waals surface area contributed by atoms with Crippen LogP contribution < -0.4 is 5.32 Å². The van der Waals surface area contributed by atoms with Crippen LogP contribution in [0.4, 0.5) is 0 Å². The molecule has 1 aliphatic carbocycles. The van der Waals surface area contributed by atoms with E-state index in [0.717, 1.165) is 6.54 Å². The fourth-order valence-electron chi connectivity index (χ4n) is 3.22. The van der Waals surface area contributed by atoms with Gasteiger partial charge in [-0.15, -0.1) is 11.3 Å². The molecule has 0 saturated carbocycles. The number of hydrogen-bond donors (Lipinski definition) is 1. The molecule has 1 aliphatic rings. The lowest BCUT2D eigenvalue weighted by Crippen LogP contribution is -2.29. The quantitative estimate of drug-likeness (QED) is 0.886. The van der Waals surface area contributed by atoms with Crippen molar-refractivity contribution in [1.82, 2.24) is 10.3 Å². The molecule has 2 aromatic rings. The first kappa shape index (κ1) is 13.8. The maximum absolute atomic E-state index is 4.31. The second-order valence-corrected chi connectivity index (χ2v) is 6.52. The number of fused-ring (bicyclic) bond motifs is 1. The number of nitrogens with zero attached hydrogens (tertiary/aromatic N) is 1. The molecule has 3 rings (SSSR count). The standard InChI is InChI=1S/C17H22N2S/c1-2-9-19-17(13-5-4-10-18-12-13)15-6-3-7-16-14(15)8-11-20-16/h4-5,8,10-12,15,17,19H,2-3,6-7,9H2,1H3. The molecule has 0 radical (unpaired) electrons. The smallest absolute Gasteiger partial charge is 0.0405 e. The molecule has 2 aromatic heterocycles. The normalized spacial score (nSPS) is 19.6. The molecule has 0 saturated heterocycles. The zero-order valence-corrected chi connectivity index (χ0v) is 12.8. The van der Waals surface area contributed by atoms with Crippen molar-refractivity contribution in [3.63, 3.8) is 0 Å². The fraction of sp³-hybridized carbons (Fsp3) is 0.471. The summed E-state index contributed by atoms with van der Waals surface area (Å²) in [6, 6.07) is 6.99. The van der Waals surface area contributed by atoms with Crippen molar-refractivity contribution in [2.75, 3.05) is 6.54 Å². The second kappa shape index (κ2) is 6.51. The molecule has 2 unspecified atom stereocenters. The summed E-state index contributed by atoms with van der Waals surface area (Å²) in [6.07, 6.45) is 8.89. The van der Waals surface area contributed by atoms with Crippen molar-refractivity contribution < 1.29 is 0 Å². The van der Waals surface area contributed by atoms with E-state index in [-0.39, 0.29) is 0 Å². The largest absolute Gasteiger partial charge is 0.309 e. The molecule has 1 N–H and O–H groups in total. The molecule has 0 aliphatic heterocycles. The Morgan fingerprint density at radius 1 is 1.45 bits per heavy atom. The fourth-order valence-corrected chi connectivity index (χ4v) is 4.22. The van der Waals surface area contributed by atoms with E-state index < -0.39 is 0 Å². The average molecular weight is 286 g/mol. The molecule has 0 spiro atoms. The van der Waals surface area contributed by atoms with Crippen LogP contribution >= 0.6 is 11.3 Å². The molecule has 0 bridgehead atoms. The predicted molar refractivity (Wildman–Crippen MR) is 85.3 cm³/mol. The second-order valence-electron chi connectivity index (χ2n) is 5.52. The third-order valence-corrected chi connectivity index (χ3v) is 5.15. The highest BCUT2D eigenvalue weighted by Gasteiger charge is 2.29. The van der Waals surface area contributed by atoms with Crippen LogP contribution in [0.2, 0.25) is 0 Å². The summed E-state index contributed by atoms with van der Waals surface area (Å²) in [5.74, 6) is 0.598. The van der Waals surface area contributed by atoms with Crippen molar-refractivity contribution in [3.05, 3.63) is 52.0 Å². The number of aromatic nitrogens is 1. The summed E-state index contributed by atoms with van der Waals surface area (Å²) in [6.45, 7) is 3.29. The maximum Gasteiger partial charge on any atom is 0.0405 e. The third-order valence-electron chi connectivity index (χ3n) is 4.16. The van der Waals surface area contributed by atoms with Crippen LogP contribution in [-0.4, -0.2) is 11.5 Å². The van der Waals surface area contributed by atoms with Crippen molar-refractivity contribution in [2.24, 2.45) is 0 Å². The average Bonchev–Trinajstić information content (AvgIpc) is 2.98. The third kappa shape index (κ3) is 2.79. The van der Waals surface area contributed by atoms with Crippen molar-refractivity contribution in [2.45, 2.75) is 44.6 Å². The van der Waals surface area contributed by atoms with Crippen LogP contribution in [0.25, 0.3) is 0 Å². The Hall–Kier alpha value is -1.19. The van der Waals surface area contributed by atoms with Gasteiger partial charge in [-0.25, -0.2) is 0 Å². The predicted octanol–water partition coefficient (Wildman–Crippen LogP) is 4.30. The van der Waals surface area contributed by atoms with Gasteiger partial charge in [-0.3, -0.25) is 4.98 Å². The summed E-state index contributed by atoms with van der Waals surface area (Å²) < 4.78 is 0. The van der Waals surface area contributed by atoms with Gasteiger partial charge in [0.25, 0.3) is 0 Å². The SMILES string of the molecule is CCCNC(c1cccnc1)C1CCCc2sccc21. The highest BCUT2D eigenvalue weighted by atomic mass is 32.1. The first-order valence-electron chi connectivity index (χ1n) is 7.59. The van der Waals surface area contributed by atoms with Crippen LogP contribution in [0, 0.1) is 0 Å². The minimum Gasteiger partial charge on any atom is -0.309 e. The Labute approximate surface area is 125 Å². The molecule has 2 heterocycles. The van der Waals surface area contributed by atoms with E-state index >= 15 is 0 Å². The Kier molecular flexibility index (Phi) is 4.48. The number of pyridine rings is 1. The lowest BCUT2D eigenvalue weighted by molar-refractivity contribution is 0.403.